The molecule has 0 aliphatic carbocycles. The van der Waals surface area contributed by atoms with Crippen LogP contribution in [0.25, 0.3) is 0 Å². The van der Waals surface area contributed by atoms with Gasteiger partial charge in [-0.3, -0.25) is 4.68 Å². The van der Waals surface area contributed by atoms with Crippen LogP contribution in [0, 0.1) is 13.8 Å². The van der Waals surface area contributed by atoms with Gasteiger partial charge in [-0.2, -0.15) is 18.9 Å². The van der Waals surface area contributed by atoms with E-state index in [1.54, 1.807) is 55.9 Å². The van der Waals surface area contributed by atoms with Gasteiger partial charge >= 0.3 is 10.4 Å². The molecule has 1 aromatic carbocycles. The lowest BCUT2D eigenvalue weighted by Gasteiger charge is -2.05. The monoisotopic (exact) mass is 413 g/mol. The quantitative estimate of drug-likeness (QED) is 0.551. The summed E-state index contributed by atoms with van der Waals surface area (Å²) in [6.07, 6.45) is 0. The van der Waals surface area contributed by atoms with Crippen LogP contribution in [0.3, 0.4) is 0 Å². The molecule has 2 heterocycles. The molecule has 0 saturated carbocycles. The molecule has 0 spiro atoms. The lowest BCUT2D eigenvalue weighted by Crippen LogP contribution is -2.20. The molecule has 10 heteroatoms. The standard InChI is InChI=1S/C16H17N3O4S3/c1-11-16(12(2)19(3)17-11)18-26(22,23)15-9-14(10-24-15)25(20,21)13-7-5-4-6-8-13/h4-10H,1-3H3,(H-2,18,20,21,22,23)/p+2. The Labute approximate surface area is 157 Å². The normalized spacial score (nSPS) is 16.0. The number of thiophene rings is 1. The van der Waals surface area contributed by atoms with Gasteiger partial charge in [-0.15, -0.1) is 0 Å². The zero-order valence-corrected chi connectivity index (χ0v) is 16.8. The van der Waals surface area contributed by atoms with Crippen molar-refractivity contribution >= 4 is 37.6 Å². The minimum absolute atomic E-state index is 0.0767. The van der Waals surface area contributed by atoms with Gasteiger partial charge in [-0.25, -0.2) is 0 Å². The maximum absolute atomic E-state index is 12.8. The summed E-state index contributed by atoms with van der Waals surface area (Å²) >= 11 is 0.961. The molecule has 3 N–H and O–H groups in total. The first-order valence-corrected chi connectivity index (χ1v) is 11.5. The van der Waals surface area contributed by atoms with Gasteiger partial charge in [0.15, 0.2) is 4.90 Å². The molecule has 0 fully saturated rings. The van der Waals surface area contributed by atoms with Gasteiger partial charge in [0.25, 0.3) is 14.4 Å². The van der Waals surface area contributed by atoms with E-state index >= 15 is 0 Å². The second-order valence-corrected chi connectivity index (χ2v) is 10.6. The van der Waals surface area contributed by atoms with E-state index in [0.717, 1.165) is 17.0 Å². The highest BCUT2D eigenvalue weighted by atomic mass is 32.3. The summed E-state index contributed by atoms with van der Waals surface area (Å²) in [5.41, 5.74) is 1.79. The van der Waals surface area contributed by atoms with E-state index in [2.05, 4.69) is 9.82 Å². The summed E-state index contributed by atoms with van der Waals surface area (Å²) in [4.78, 5) is 0.354. The first kappa shape index (κ1) is 18.9. The third-order valence-electron chi connectivity index (χ3n) is 3.96. The van der Waals surface area contributed by atoms with Crippen molar-refractivity contribution in [1.29, 1.82) is 0 Å². The smallest absolute Gasteiger partial charge is 0.270 e. The number of nitrogens with zero attached hydrogens (tertiary/aromatic N) is 2. The van der Waals surface area contributed by atoms with Gasteiger partial charge in [-0.05, 0) is 30.2 Å². The predicted molar refractivity (Wildman–Crippen MR) is 103 cm³/mol. The van der Waals surface area contributed by atoms with Crippen molar-refractivity contribution in [2.24, 2.45) is 7.05 Å². The van der Waals surface area contributed by atoms with Crippen molar-refractivity contribution < 1.29 is 17.5 Å². The minimum Gasteiger partial charge on any atom is -0.270 e. The predicted octanol–water partition coefficient (Wildman–Crippen LogP) is 3.85. The highest BCUT2D eigenvalue weighted by Gasteiger charge is 2.40. The van der Waals surface area contributed by atoms with Gasteiger partial charge in [-0.1, -0.05) is 33.7 Å². The van der Waals surface area contributed by atoms with Crippen LogP contribution in [-0.2, 0) is 36.1 Å². The molecular formula is C16H19N3O4S3+2. The van der Waals surface area contributed by atoms with Crippen LogP contribution in [-0.4, -0.2) is 18.9 Å². The van der Waals surface area contributed by atoms with E-state index in [-0.39, 0.29) is 14.0 Å². The largest absolute Gasteiger partial charge is 0.356 e. The molecule has 0 radical (unpaired) electrons. The fraction of sp³-hybridized carbons (Fsp3) is 0.188. The van der Waals surface area contributed by atoms with Crippen molar-refractivity contribution in [2.75, 3.05) is 4.72 Å². The molecular weight excluding hydrogens is 394 g/mol. The van der Waals surface area contributed by atoms with Crippen molar-refractivity contribution in [2.45, 2.75) is 27.8 Å². The van der Waals surface area contributed by atoms with E-state index in [1.807, 2.05) is 0 Å². The Balaban J connectivity index is 1.94. The molecule has 138 valence electrons. The third-order valence-corrected chi connectivity index (χ3v) is 8.72. The highest BCUT2D eigenvalue weighted by Crippen LogP contribution is 2.34. The first-order valence-electron chi connectivity index (χ1n) is 7.58. The van der Waals surface area contributed by atoms with Crippen molar-refractivity contribution in [1.82, 2.24) is 9.78 Å². The maximum atomic E-state index is 12.8. The number of nitrogens with one attached hydrogen (secondary N) is 1. The Morgan fingerprint density at radius 1 is 1.12 bits per heavy atom. The molecule has 0 aliphatic rings. The summed E-state index contributed by atoms with van der Waals surface area (Å²) in [6.45, 7) is 3.52. The molecule has 26 heavy (non-hydrogen) atoms. The van der Waals surface area contributed by atoms with E-state index in [9.17, 15) is 17.5 Å². The summed E-state index contributed by atoms with van der Waals surface area (Å²) < 4.78 is 50.8. The second-order valence-electron chi connectivity index (χ2n) is 5.74. The SMILES string of the molecule is Cc1nn(C)c(C)c1N[S+](=O)(O)c1cc([S+](=O)(O)c2ccccc2)cs1. The summed E-state index contributed by atoms with van der Waals surface area (Å²) in [7, 11) is -5.38. The molecule has 3 rings (SSSR count). The Kier molecular flexibility index (Phi) is 4.88. The summed E-state index contributed by atoms with van der Waals surface area (Å²) in [6, 6.07) is 9.50. The topological polar surface area (TPSA) is 104 Å². The van der Waals surface area contributed by atoms with Crippen LogP contribution < -0.4 is 4.72 Å². The third kappa shape index (κ3) is 3.38. The van der Waals surface area contributed by atoms with Gasteiger partial charge in [0.05, 0.1) is 22.8 Å². The number of aryl methyl sites for hydroxylation is 2. The first-order chi connectivity index (χ1) is 12.1. The number of rotatable bonds is 5. The number of benzene rings is 1. The van der Waals surface area contributed by atoms with E-state index in [0.29, 0.717) is 11.4 Å². The fourth-order valence-electron chi connectivity index (χ4n) is 2.44. The summed E-state index contributed by atoms with van der Waals surface area (Å²) in [5.74, 6) is 0. The molecule has 2 aromatic heterocycles. The number of anilines is 1. The molecule has 3 aromatic rings. The molecule has 0 bridgehead atoms. The minimum atomic E-state index is -3.64. The van der Waals surface area contributed by atoms with Crippen LogP contribution >= 0.6 is 11.3 Å². The zero-order valence-electron chi connectivity index (χ0n) is 14.4. The van der Waals surface area contributed by atoms with Crippen LogP contribution in [0.15, 0.2) is 55.8 Å². The highest BCUT2D eigenvalue weighted by molar-refractivity contribution is 8.01. The van der Waals surface area contributed by atoms with Gasteiger partial charge < -0.3 is 0 Å². The lowest BCUT2D eigenvalue weighted by molar-refractivity contribution is 0.497. The Bertz CT molecular complexity index is 1040. The molecule has 7 nitrogen and oxygen atoms in total. The van der Waals surface area contributed by atoms with Crippen LogP contribution in [0.2, 0.25) is 0 Å². The second kappa shape index (κ2) is 6.71. The molecule has 2 atom stereocenters. The molecule has 0 saturated heterocycles. The van der Waals surface area contributed by atoms with Crippen LogP contribution in [0.1, 0.15) is 11.4 Å². The Hall–Kier alpha value is -1.85. The fourth-order valence-corrected chi connectivity index (χ4v) is 6.58. The number of hydrogen-bond donors (Lipinski definition) is 3. The van der Waals surface area contributed by atoms with E-state index in [1.165, 1.54) is 11.4 Å². The number of aromatic nitrogens is 2. The zero-order chi connectivity index (χ0) is 19.1. The maximum Gasteiger partial charge on any atom is 0.356 e. The van der Waals surface area contributed by atoms with Gasteiger partial charge in [0.2, 0.25) is 4.90 Å². The van der Waals surface area contributed by atoms with E-state index in [4.69, 9.17) is 0 Å². The Morgan fingerprint density at radius 3 is 2.35 bits per heavy atom. The molecule has 0 aliphatic heterocycles. The van der Waals surface area contributed by atoms with Crippen molar-refractivity contribution in [3.05, 3.63) is 53.2 Å². The average molecular weight is 414 g/mol. The molecule has 0 amide bonds. The van der Waals surface area contributed by atoms with Crippen molar-refractivity contribution in [3.63, 3.8) is 0 Å². The number of hydrogen-bond acceptors (Lipinski definition) is 4. The molecule has 2 unspecified atom stereocenters. The average Bonchev–Trinajstić information content (AvgIpc) is 3.18. The Morgan fingerprint density at radius 2 is 1.77 bits per heavy atom. The van der Waals surface area contributed by atoms with Crippen LogP contribution in [0.4, 0.5) is 5.69 Å². The van der Waals surface area contributed by atoms with Crippen molar-refractivity contribution in [3.8, 4) is 0 Å². The van der Waals surface area contributed by atoms with E-state index < -0.39 is 20.6 Å². The summed E-state index contributed by atoms with van der Waals surface area (Å²) in [5, 5.41) is 5.64. The van der Waals surface area contributed by atoms with Crippen LogP contribution in [0.5, 0.6) is 0 Å². The lowest BCUT2D eigenvalue weighted by atomic mass is 10.3. The van der Waals surface area contributed by atoms with Gasteiger partial charge in [0, 0.05) is 7.05 Å². The van der Waals surface area contributed by atoms with Gasteiger partial charge in [0.1, 0.15) is 5.69 Å².